The lowest BCUT2D eigenvalue weighted by Gasteiger charge is -2.23. The Morgan fingerprint density at radius 2 is 2.13 bits per heavy atom. The Kier molecular flexibility index (Phi) is 3.73. The summed E-state index contributed by atoms with van der Waals surface area (Å²) in [4.78, 5) is 22.5. The molecule has 1 aliphatic rings. The van der Waals surface area contributed by atoms with E-state index < -0.39 is 0 Å². The number of hydrogen-bond donors (Lipinski definition) is 0. The van der Waals surface area contributed by atoms with Crippen LogP contribution in [0.4, 0.5) is 0 Å². The van der Waals surface area contributed by atoms with E-state index in [1.165, 1.54) is 30.6 Å². The molecule has 0 spiro atoms. The second-order valence-electron chi connectivity index (χ2n) is 5.86. The zero-order valence-corrected chi connectivity index (χ0v) is 14.3. The normalized spacial score (nSPS) is 16.3. The third kappa shape index (κ3) is 2.40. The summed E-state index contributed by atoms with van der Waals surface area (Å²) in [6.45, 7) is 0. The number of halogens is 1. The molecule has 0 aliphatic heterocycles. The van der Waals surface area contributed by atoms with Gasteiger partial charge >= 0.3 is 0 Å². The summed E-state index contributed by atoms with van der Waals surface area (Å²) in [7, 11) is 1.58. The summed E-state index contributed by atoms with van der Waals surface area (Å²) in [5.74, 6) is 0.605. The molecule has 0 saturated heterocycles. The Bertz CT molecular complexity index is 944. The van der Waals surface area contributed by atoms with E-state index in [-0.39, 0.29) is 11.6 Å². The Morgan fingerprint density at radius 1 is 1.35 bits per heavy atom. The third-order valence-corrected chi connectivity index (χ3v) is 5.75. The van der Waals surface area contributed by atoms with E-state index in [2.05, 4.69) is 9.97 Å². The predicted molar refractivity (Wildman–Crippen MR) is 92.9 cm³/mol. The van der Waals surface area contributed by atoms with Crippen LogP contribution in [0.2, 0.25) is 5.15 Å². The molecule has 3 aromatic heterocycles. The Labute approximate surface area is 141 Å². The molecule has 120 valence electrons. The highest BCUT2D eigenvalue weighted by atomic mass is 35.5. The largest absolute Gasteiger partial charge is 0.496 e. The second-order valence-corrected chi connectivity index (χ2v) is 7.24. The van der Waals surface area contributed by atoms with Gasteiger partial charge < -0.3 is 4.74 Å². The molecule has 0 N–H and O–H groups in total. The van der Waals surface area contributed by atoms with Crippen LogP contribution in [0.15, 0.2) is 17.2 Å². The molecule has 0 amide bonds. The van der Waals surface area contributed by atoms with Gasteiger partial charge in [-0.2, -0.15) is 0 Å². The maximum Gasteiger partial charge on any atom is 0.271 e. The third-order valence-electron chi connectivity index (χ3n) is 4.50. The Balaban J connectivity index is 1.97. The quantitative estimate of drug-likeness (QED) is 0.651. The number of nitrogens with zero attached hydrogens (tertiary/aromatic N) is 3. The van der Waals surface area contributed by atoms with E-state index in [1.54, 1.807) is 24.1 Å². The summed E-state index contributed by atoms with van der Waals surface area (Å²) in [6.07, 6.45) is 7.38. The van der Waals surface area contributed by atoms with Gasteiger partial charge in [0, 0.05) is 12.1 Å². The topological polar surface area (TPSA) is 57.0 Å². The van der Waals surface area contributed by atoms with Crippen molar-refractivity contribution in [2.75, 3.05) is 7.11 Å². The van der Waals surface area contributed by atoms with Crippen molar-refractivity contribution in [2.45, 2.75) is 38.1 Å². The number of hydrogen-bond acceptors (Lipinski definition) is 5. The highest BCUT2D eigenvalue weighted by Gasteiger charge is 2.21. The molecule has 0 radical (unpaired) electrons. The van der Waals surface area contributed by atoms with Crippen LogP contribution in [0.1, 0.15) is 38.1 Å². The fraction of sp³-hybridized carbons (Fsp3) is 0.438. The number of rotatable bonds is 2. The van der Waals surface area contributed by atoms with Gasteiger partial charge in [0.2, 0.25) is 0 Å². The van der Waals surface area contributed by atoms with Crippen molar-refractivity contribution in [3.8, 4) is 5.75 Å². The van der Waals surface area contributed by atoms with Crippen LogP contribution in [-0.2, 0) is 0 Å². The van der Waals surface area contributed by atoms with Gasteiger partial charge in [-0.1, -0.05) is 30.9 Å². The number of aromatic nitrogens is 3. The number of thiophene rings is 1. The molecule has 1 saturated carbocycles. The molecule has 0 bridgehead atoms. The summed E-state index contributed by atoms with van der Waals surface area (Å²) >= 11 is 7.37. The first-order chi connectivity index (χ1) is 11.2. The van der Waals surface area contributed by atoms with Gasteiger partial charge in [-0.05, 0) is 12.8 Å². The van der Waals surface area contributed by atoms with Gasteiger partial charge in [0.05, 0.1) is 18.8 Å². The van der Waals surface area contributed by atoms with Gasteiger partial charge in [-0.3, -0.25) is 9.36 Å². The minimum atomic E-state index is 0.0167. The van der Waals surface area contributed by atoms with Crippen LogP contribution in [0.25, 0.3) is 20.4 Å². The van der Waals surface area contributed by atoms with Crippen molar-refractivity contribution in [3.05, 3.63) is 27.9 Å². The average Bonchev–Trinajstić information content (AvgIpc) is 2.94. The molecule has 1 aliphatic carbocycles. The average molecular weight is 350 g/mol. The summed E-state index contributed by atoms with van der Waals surface area (Å²) in [5, 5.41) is 1.12. The SMILES string of the molecule is COc1cc(Cl)nc2sc3c(=O)n(C4CCCCC4)cnc3c12. The monoisotopic (exact) mass is 349 g/mol. The lowest BCUT2D eigenvalue weighted by atomic mass is 9.95. The summed E-state index contributed by atoms with van der Waals surface area (Å²) < 4.78 is 7.82. The van der Waals surface area contributed by atoms with Crippen molar-refractivity contribution in [2.24, 2.45) is 0 Å². The molecule has 1 fully saturated rings. The van der Waals surface area contributed by atoms with Gasteiger partial charge in [0.1, 0.15) is 25.9 Å². The Hall–Kier alpha value is -1.66. The maximum atomic E-state index is 12.9. The van der Waals surface area contributed by atoms with E-state index in [0.29, 0.717) is 25.9 Å². The Morgan fingerprint density at radius 3 is 2.87 bits per heavy atom. The number of pyridine rings is 1. The fourth-order valence-corrected chi connectivity index (χ4v) is 4.67. The van der Waals surface area contributed by atoms with Crippen LogP contribution >= 0.6 is 22.9 Å². The second kappa shape index (κ2) is 5.76. The van der Waals surface area contributed by atoms with Gasteiger partial charge in [0.15, 0.2) is 0 Å². The summed E-state index contributed by atoms with van der Waals surface area (Å²) in [6, 6.07) is 1.92. The zero-order chi connectivity index (χ0) is 16.0. The lowest BCUT2D eigenvalue weighted by molar-refractivity contribution is 0.345. The van der Waals surface area contributed by atoms with E-state index in [4.69, 9.17) is 16.3 Å². The van der Waals surface area contributed by atoms with Crippen LogP contribution < -0.4 is 10.3 Å². The van der Waals surface area contributed by atoms with Crippen molar-refractivity contribution in [3.63, 3.8) is 0 Å². The molecule has 3 aromatic rings. The molecule has 3 heterocycles. The highest BCUT2D eigenvalue weighted by molar-refractivity contribution is 7.25. The molecule has 23 heavy (non-hydrogen) atoms. The minimum Gasteiger partial charge on any atom is -0.496 e. The van der Waals surface area contributed by atoms with Gasteiger partial charge in [-0.25, -0.2) is 9.97 Å². The summed E-state index contributed by atoms with van der Waals surface area (Å²) in [5.41, 5.74) is 0.672. The van der Waals surface area contributed by atoms with E-state index >= 15 is 0 Å². The van der Waals surface area contributed by atoms with Crippen LogP contribution in [0.5, 0.6) is 5.75 Å². The number of fused-ring (bicyclic) bond motifs is 3. The van der Waals surface area contributed by atoms with Crippen LogP contribution in [0, 0.1) is 0 Å². The zero-order valence-electron chi connectivity index (χ0n) is 12.7. The van der Waals surface area contributed by atoms with Crippen molar-refractivity contribution in [1.29, 1.82) is 0 Å². The van der Waals surface area contributed by atoms with Crippen LogP contribution in [-0.4, -0.2) is 21.6 Å². The molecular weight excluding hydrogens is 334 g/mol. The minimum absolute atomic E-state index is 0.0167. The van der Waals surface area contributed by atoms with Crippen LogP contribution in [0.3, 0.4) is 0 Å². The van der Waals surface area contributed by atoms with Crippen molar-refractivity contribution >= 4 is 43.4 Å². The van der Waals surface area contributed by atoms with Gasteiger partial charge in [-0.15, -0.1) is 11.3 Å². The molecule has 5 nitrogen and oxygen atoms in total. The van der Waals surface area contributed by atoms with E-state index in [1.807, 2.05) is 0 Å². The molecule has 0 atom stereocenters. The van der Waals surface area contributed by atoms with Crippen molar-refractivity contribution < 1.29 is 4.74 Å². The lowest BCUT2D eigenvalue weighted by Crippen LogP contribution is -2.26. The molecule has 0 aromatic carbocycles. The highest BCUT2D eigenvalue weighted by Crippen LogP contribution is 2.37. The van der Waals surface area contributed by atoms with Gasteiger partial charge in [0.25, 0.3) is 5.56 Å². The first kappa shape index (κ1) is 14.9. The van der Waals surface area contributed by atoms with E-state index in [9.17, 15) is 4.79 Å². The number of methoxy groups -OCH3 is 1. The molecular formula is C16H16ClN3O2S. The van der Waals surface area contributed by atoms with E-state index in [0.717, 1.165) is 18.2 Å². The van der Waals surface area contributed by atoms with Crippen molar-refractivity contribution in [1.82, 2.24) is 14.5 Å². The standard InChI is InChI=1S/C16H16ClN3O2S/c1-22-10-7-11(17)19-15-12(10)13-14(23-15)16(21)20(8-18-13)9-5-3-2-4-6-9/h7-9H,2-6H2,1H3. The molecule has 4 rings (SSSR count). The first-order valence-electron chi connectivity index (χ1n) is 7.73. The molecule has 0 unspecified atom stereocenters. The predicted octanol–water partition coefficient (Wildman–Crippen LogP) is 4.17. The smallest absolute Gasteiger partial charge is 0.271 e. The molecule has 7 heteroatoms. The fourth-order valence-electron chi connectivity index (χ4n) is 3.36. The first-order valence-corrected chi connectivity index (χ1v) is 8.92. The maximum absolute atomic E-state index is 12.9. The number of ether oxygens (including phenoxy) is 1.